The minimum Gasteiger partial charge on any atom is -0.492 e. The van der Waals surface area contributed by atoms with E-state index < -0.39 is 0 Å². The normalized spacial score (nSPS) is 14.5. The number of hydrogen-bond donors (Lipinski definition) is 1. The second-order valence-electron chi connectivity index (χ2n) is 7.71. The molecule has 0 radical (unpaired) electrons. The van der Waals surface area contributed by atoms with Crippen LogP contribution in [0, 0.1) is 0 Å². The fourth-order valence-electron chi connectivity index (χ4n) is 3.86. The molecule has 3 aromatic heterocycles. The Balaban J connectivity index is 1.48. The van der Waals surface area contributed by atoms with Crippen LogP contribution >= 0.6 is 0 Å². The van der Waals surface area contributed by atoms with Crippen LogP contribution in [0.25, 0.3) is 16.8 Å². The third kappa shape index (κ3) is 4.14. The Labute approximate surface area is 185 Å². The molecule has 0 unspecified atom stereocenters. The van der Waals surface area contributed by atoms with Gasteiger partial charge in [-0.25, -0.2) is 9.50 Å². The van der Waals surface area contributed by atoms with Crippen molar-refractivity contribution in [1.29, 1.82) is 0 Å². The smallest absolute Gasteiger partial charge is 0.245 e. The molecule has 32 heavy (non-hydrogen) atoms. The molecule has 6 bridgehead atoms. The van der Waals surface area contributed by atoms with Gasteiger partial charge >= 0.3 is 0 Å². The van der Waals surface area contributed by atoms with Crippen molar-refractivity contribution in [3.05, 3.63) is 55.0 Å². The topological polar surface area (TPSA) is 89.6 Å². The van der Waals surface area contributed by atoms with Gasteiger partial charge in [0.1, 0.15) is 12.4 Å². The number of aryl methyl sites for hydroxylation is 1. The fraction of sp³-hybridized carbons (Fsp3) is 0.304. The zero-order valence-corrected chi connectivity index (χ0v) is 17.9. The van der Waals surface area contributed by atoms with Crippen molar-refractivity contribution < 1.29 is 9.53 Å². The molecule has 1 amide bonds. The summed E-state index contributed by atoms with van der Waals surface area (Å²) in [4.78, 5) is 18.6. The molecule has 6 rings (SSSR count). The Kier molecular flexibility index (Phi) is 5.45. The van der Waals surface area contributed by atoms with Crippen LogP contribution in [0.2, 0.25) is 0 Å². The average Bonchev–Trinajstić information content (AvgIpc) is 3.44. The first kappa shape index (κ1) is 20.0. The third-order valence-corrected chi connectivity index (χ3v) is 5.54. The number of nitrogens with zero attached hydrogens (tertiary/aromatic N) is 6. The molecule has 1 aromatic carbocycles. The first-order valence-electron chi connectivity index (χ1n) is 10.8. The van der Waals surface area contributed by atoms with Gasteiger partial charge in [-0.05, 0) is 42.8 Å². The lowest BCUT2D eigenvalue weighted by atomic mass is 10.1. The van der Waals surface area contributed by atoms with E-state index >= 15 is 0 Å². The number of ether oxygens (including phenoxy) is 1. The zero-order chi connectivity index (χ0) is 21.9. The Morgan fingerprint density at radius 3 is 2.81 bits per heavy atom. The van der Waals surface area contributed by atoms with Crippen LogP contribution in [-0.4, -0.2) is 54.9 Å². The van der Waals surface area contributed by atoms with Crippen molar-refractivity contribution in [2.75, 3.05) is 25.0 Å². The van der Waals surface area contributed by atoms with Gasteiger partial charge in [0.25, 0.3) is 0 Å². The maximum Gasteiger partial charge on any atom is 0.245 e. The van der Waals surface area contributed by atoms with Gasteiger partial charge < -0.3 is 15.0 Å². The molecule has 164 valence electrons. The van der Waals surface area contributed by atoms with E-state index in [1.54, 1.807) is 12.4 Å². The number of rotatable bonds is 1. The van der Waals surface area contributed by atoms with E-state index in [4.69, 9.17) is 4.74 Å². The summed E-state index contributed by atoms with van der Waals surface area (Å²) in [5.41, 5.74) is 3.71. The predicted octanol–water partition coefficient (Wildman–Crippen LogP) is 3.36. The summed E-state index contributed by atoms with van der Waals surface area (Å²) in [5, 5.41) is 12.3. The minimum absolute atomic E-state index is 0.131. The van der Waals surface area contributed by atoms with Crippen LogP contribution in [0.15, 0.2) is 55.0 Å². The Morgan fingerprint density at radius 1 is 1.09 bits per heavy atom. The van der Waals surface area contributed by atoms with Gasteiger partial charge in [0.15, 0.2) is 0 Å². The van der Waals surface area contributed by atoms with Crippen LogP contribution < -0.4 is 10.1 Å². The summed E-state index contributed by atoms with van der Waals surface area (Å²) < 4.78 is 9.65. The number of amides is 1. The lowest BCUT2D eigenvalue weighted by Gasteiger charge is -2.22. The van der Waals surface area contributed by atoms with E-state index in [1.165, 1.54) is 0 Å². The lowest BCUT2D eigenvalue weighted by Crippen LogP contribution is -2.35. The Hall–Kier alpha value is -3.88. The van der Waals surface area contributed by atoms with Gasteiger partial charge in [0, 0.05) is 31.3 Å². The molecule has 0 saturated carbocycles. The highest BCUT2D eigenvalue weighted by Gasteiger charge is 2.13. The molecule has 0 fully saturated rings. The Bertz CT molecular complexity index is 1230. The van der Waals surface area contributed by atoms with Gasteiger partial charge in [-0.3, -0.25) is 9.48 Å². The highest BCUT2D eigenvalue weighted by atomic mass is 16.5. The van der Waals surface area contributed by atoms with Crippen molar-refractivity contribution in [2.45, 2.75) is 26.3 Å². The molecule has 9 heteroatoms. The van der Waals surface area contributed by atoms with E-state index in [-0.39, 0.29) is 5.91 Å². The van der Waals surface area contributed by atoms with E-state index in [9.17, 15) is 4.79 Å². The second kappa shape index (κ2) is 8.70. The average molecular weight is 432 g/mol. The minimum atomic E-state index is 0.131. The van der Waals surface area contributed by atoms with E-state index in [1.807, 2.05) is 63.6 Å². The molecule has 5 heterocycles. The van der Waals surface area contributed by atoms with Gasteiger partial charge in [-0.1, -0.05) is 6.92 Å². The lowest BCUT2D eigenvalue weighted by molar-refractivity contribution is -0.131. The molecule has 4 aromatic rings. The molecular formula is C23H25N7O2. The highest BCUT2D eigenvalue weighted by Crippen LogP contribution is 2.25. The van der Waals surface area contributed by atoms with Crippen molar-refractivity contribution in [1.82, 2.24) is 29.3 Å². The summed E-state index contributed by atoms with van der Waals surface area (Å²) in [6.07, 6.45) is 6.75. The molecule has 0 spiro atoms. The van der Waals surface area contributed by atoms with Crippen LogP contribution in [0.3, 0.4) is 0 Å². The molecule has 1 N–H and O–H groups in total. The third-order valence-electron chi connectivity index (χ3n) is 5.54. The number of fused-ring (bicyclic) bond motifs is 8. The number of anilines is 2. The first-order chi connectivity index (χ1) is 15.7. The molecule has 2 aliphatic rings. The van der Waals surface area contributed by atoms with Gasteiger partial charge in [0.05, 0.1) is 35.8 Å². The Morgan fingerprint density at radius 2 is 1.97 bits per heavy atom. The van der Waals surface area contributed by atoms with E-state index in [2.05, 4.69) is 20.5 Å². The largest absolute Gasteiger partial charge is 0.492 e. The number of carbonyl (C=O) groups is 1. The summed E-state index contributed by atoms with van der Waals surface area (Å²) in [7, 11) is 0. The van der Waals surface area contributed by atoms with Gasteiger partial charge in [-0.2, -0.15) is 5.10 Å². The van der Waals surface area contributed by atoms with Crippen molar-refractivity contribution in [3.63, 3.8) is 0 Å². The van der Waals surface area contributed by atoms with Gasteiger partial charge in [0.2, 0.25) is 11.9 Å². The molecule has 0 atom stereocenters. The van der Waals surface area contributed by atoms with E-state index in [0.717, 1.165) is 34.6 Å². The molecule has 0 aliphatic carbocycles. The van der Waals surface area contributed by atoms with Gasteiger partial charge in [-0.15, -0.1) is 5.10 Å². The van der Waals surface area contributed by atoms with Crippen LogP contribution in [0.4, 0.5) is 11.6 Å². The summed E-state index contributed by atoms with van der Waals surface area (Å²) in [5.74, 6) is 1.40. The summed E-state index contributed by atoms with van der Waals surface area (Å²) >= 11 is 0. The predicted molar refractivity (Wildman–Crippen MR) is 121 cm³/mol. The van der Waals surface area contributed by atoms with E-state index in [0.29, 0.717) is 38.6 Å². The zero-order valence-electron chi connectivity index (χ0n) is 17.9. The maximum absolute atomic E-state index is 12.4. The van der Waals surface area contributed by atoms with Crippen LogP contribution in [0.1, 0.15) is 19.8 Å². The molecule has 2 aliphatic heterocycles. The first-order valence-corrected chi connectivity index (χ1v) is 10.8. The standard InChI is InChI=1S/C23H25N7O2/c1-2-22(31)28-10-3-11-29-16-18(14-25-29)26-23-24-15-19-6-9-21(30(19)27-23)17-4-7-20(8-5-17)32-13-12-28/h4-9,14-16H,2-3,10-13H2,1H3,(H,26,27). The monoisotopic (exact) mass is 431 g/mol. The number of benzene rings is 1. The number of nitrogens with one attached hydrogen (secondary N) is 1. The number of carbonyl (C=O) groups excluding carboxylic acids is 1. The van der Waals surface area contributed by atoms with Crippen LogP contribution in [0.5, 0.6) is 5.75 Å². The van der Waals surface area contributed by atoms with Crippen molar-refractivity contribution in [2.24, 2.45) is 0 Å². The van der Waals surface area contributed by atoms with Crippen molar-refractivity contribution in [3.8, 4) is 17.0 Å². The molecular weight excluding hydrogens is 406 g/mol. The SMILES string of the molecule is CCC(=O)N1CCCn2cc(cn2)Nc2ncc3ccc(n3n2)-c2ccc(cc2)OCC1. The second-order valence-corrected chi connectivity index (χ2v) is 7.71. The van der Waals surface area contributed by atoms with Crippen LogP contribution in [-0.2, 0) is 11.3 Å². The number of hydrogen-bond acceptors (Lipinski definition) is 6. The highest BCUT2D eigenvalue weighted by molar-refractivity contribution is 5.75. The number of aromatic nitrogens is 5. The summed E-state index contributed by atoms with van der Waals surface area (Å²) in [6.45, 7) is 4.26. The van der Waals surface area contributed by atoms with Crippen molar-refractivity contribution >= 4 is 23.1 Å². The molecule has 9 nitrogen and oxygen atoms in total. The maximum atomic E-state index is 12.4. The fourth-order valence-corrected chi connectivity index (χ4v) is 3.86. The summed E-state index contributed by atoms with van der Waals surface area (Å²) in [6, 6.07) is 11.9. The molecule has 0 saturated heterocycles. The quantitative estimate of drug-likeness (QED) is 0.497.